The van der Waals surface area contributed by atoms with Crippen molar-refractivity contribution in [1.29, 1.82) is 0 Å². The van der Waals surface area contributed by atoms with Gasteiger partial charge in [-0.05, 0) is 24.6 Å². The first kappa shape index (κ1) is 14.2. The molecule has 0 amide bonds. The monoisotopic (exact) mass is 270 g/mol. The van der Waals surface area contributed by atoms with Crippen molar-refractivity contribution in [2.75, 3.05) is 13.1 Å². The summed E-state index contributed by atoms with van der Waals surface area (Å²) < 4.78 is 2.15. The first-order valence-corrected chi connectivity index (χ1v) is 7.05. The SMILES string of the molecule is CCNC(=NCc1ccccc1)NCCn1cccc1. The highest BCUT2D eigenvalue weighted by Gasteiger charge is 1.97. The molecule has 0 aliphatic rings. The molecule has 0 unspecified atom stereocenters. The highest BCUT2D eigenvalue weighted by atomic mass is 15.2. The summed E-state index contributed by atoms with van der Waals surface area (Å²) in [6.45, 7) is 5.42. The topological polar surface area (TPSA) is 41.4 Å². The minimum Gasteiger partial charge on any atom is -0.357 e. The number of guanidine groups is 1. The van der Waals surface area contributed by atoms with Crippen LogP contribution in [-0.4, -0.2) is 23.6 Å². The number of nitrogens with one attached hydrogen (secondary N) is 2. The Morgan fingerprint density at radius 2 is 1.80 bits per heavy atom. The van der Waals surface area contributed by atoms with Crippen LogP contribution in [0.15, 0.2) is 59.9 Å². The molecule has 20 heavy (non-hydrogen) atoms. The van der Waals surface area contributed by atoms with Crippen molar-refractivity contribution in [2.24, 2.45) is 4.99 Å². The molecule has 2 rings (SSSR count). The lowest BCUT2D eigenvalue weighted by atomic mass is 10.2. The van der Waals surface area contributed by atoms with Gasteiger partial charge in [0, 0.05) is 32.0 Å². The van der Waals surface area contributed by atoms with E-state index in [4.69, 9.17) is 0 Å². The predicted molar refractivity (Wildman–Crippen MR) is 83.7 cm³/mol. The first-order chi connectivity index (χ1) is 9.88. The van der Waals surface area contributed by atoms with Gasteiger partial charge in [0.15, 0.2) is 5.96 Å². The summed E-state index contributed by atoms with van der Waals surface area (Å²) in [5.74, 6) is 0.864. The highest BCUT2D eigenvalue weighted by Crippen LogP contribution is 1.99. The molecule has 0 aliphatic carbocycles. The maximum Gasteiger partial charge on any atom is 0.191 e. The Hall–Kier alpha value is -2.23. The molecule has 0 bridgehead atoms. The number of nitrogens with zero attached hydrogens (tertiary/aromatic N) is 2. The van der Waals surface area contributed by atoms with E-state index in [9.17, 15) is 0 Å². The average Bonchev–Trinajstić information content (AvgIpc) is 2.99. The summed E-state index contributed by atoms with van der Waals surface area (Å²) >= 11 is 0. The molecule has 0 saturated heterocycles. The molecule has 2 N–H and O–H groups in total. The highest BCUT2D eigenvalue weighted by molar-refractivity contribution is 5.79. The van der Waals surface area contributed by atoms with Gasteiger partial charge in [0.25, 0.3) is 0 Å². The molecular formula is C16H22N4. The van der Waals surface area contributed by atoms with Crippen molar-refractivity contribution in [3.05, 3.63) is 60.4 Å². The third kappa shape index (κ3) is 4.80. The summed E-state index contributed by atoms with van der Waals surface area (Å²) in [5.41, 5.74) is 1.22. The summed E-state index contributed by atoms with van der Waals surface area (Å²) in [4.78, 5) is 4.59. The summed E-state index contributed by atoms with van der Waals surface area (Å²) in [7, 11) is 0. The fourth-order valence-electron chi connectivity index (χ4n) is 1.92. The molecule has 1 aromatic carbocycles. The van der Waals surface area contributed by atoms with Gasteiger partial charge in [-0.2, -0.15) is 0 Å². The Balaban J connectivity index is 1.82. The number of hydrogen-bond donors (Lipinski definition) is 2. The fourth-order valence-corrected chi connectivity index (χ4v) is 1.92. The molecule has 0 atom stereocenters. The van der Waals surface area contributed by atoms with E-state index < -0.39 is 0 Å². The molecule has 0 spiro atoms. The van der Waals surface area contributed by atoms with E-state index in [0.717, 1.165) is 25.6 Å². The van der Waals surface area contributed by atoms with Crippen molar-refractivity contribution < 1.29 is 0 Å². The first-order valence-electron chi connectivity index (χ1n) is 7.05. The van der Waals surface area contributed by atoms with Gasteiger partial charge < -0.3 is 15.2 Å². The maximum atomic E-state index is 4.59. The van der Waals surface area contributed by atoms with E-state index in [1.807, 2.05) is 30.3 Å². The lowest BCUT2D eigenvalue weighted by Crippen LogP contribution is -2.38. The fraction of sp³-hybridized carbons (Fsp3) is 0.312. The number of hydrogen-bond acceptors (Lipinski definition) is 1. The van der Waals surface area contributed by atoms with Crippen molar-refractivity contribution in [2.45, 2.75) is 20.0 Å². The molecule has 2 aromatic rings. The number of aliphatic imine (C=N–C) groups is 1. The Bertz CT molecular complexity index is 503. The van der Waals surface area contributed by atoms with Crippen molar-refractivity contribution in [1.82, 2.24) is 15.2 Å². The number of aromatic nitrogens is 1. The molecule has 0 saturated carbocycles. The van der Waals surface area contributed by atoms with Gasteiger partial charge >= 0.3 is 0 Å². The van der Waals surface area contributed by atoms with Crippen LogP contribution in [0.4, 0.5) is 0 Å². The largest absolute Gasteiger partial charge is 0.357 e. The van der Waals surface area contributed by atoms with Gasteiger partial charge in [-0.25, -0.2) is 4.99 Å². The van der Waals surface area contributed by atoms with Crippen LogP contribution in [0.25, 0.3) is 0 Å². The van der Waals surface area contributed by atoms with Crippen LogP contribution in [0.2, 0.25) is 0 Å². The second-order valence-electron chi connectivity index (χ2n) is 4.53. The van der Waals surface area contributed by atoms with E-state index >= 15 is 0 Å². The van der Waals surface area contributed by atoms with Crippen LogP contribution in [-0.2, 0) is 13.1 Å². The zero-order valence-corrected chi connectivity index (χ0v) is 11.9. The Labute approximate surface area is 120 Å². The van der Waals surface area contributed by atoms with Crippen LogP contribution >= 0.6 is 0 Å². The number of rotatable bonds is 6. The summed E-state index contributed by atoms with van der Waals surface area (Å²) in [6, 6.07) is 14.4. The van der Waals surface area contributed by atoms with Gasteiger partial charge in [0.1, 0.15) is 0 Å². The van der Waals surface area contributed by atoms with Gasteiger partial charge in [-0.1, -0.05) is 30.3 Å². The number of benzene rings is 1. The van der Waals surface area contributed by atoms with Crippen molar-refractivity contribution >= 4 is 5.96 Å². The minimum atomic E-state index is 0.694. The Morgan fingerprint density at radius 1 is 1.05 bits per heavy atom. The minimum absolute atomic E-state index is 0.694. The molecule has 0 aliphatic heterocycles. The Kier molecular flexibility index (Phi) is 5.71. The molecule has 4 nitrogen and oxygen atoms in total. The Morgan fingerprint density at radius 3 is 2.50 bits per heavy atom. The van der Waals surface area contributed by atoms with Crippen LogP contribution in [0, 0.1) is 0 Å². The molecular weight excluding hydrogens is 248 g/mol. The molecule has 1 heterocycles. The third-order valence-corrected chi connectivity index (χ3v) is 2.94. The molecule has 106 valence electrons. The van der Waals surface area contributed by atoms with E-state index in [2.05, 4.69) is 51.6 Å². The quantitative estimate of drug-likeness (QED) is 0.624. The van der Waals surface area contributed by atoms with Gasteiger partial charge in [0.2, 0.25) is 0 Å². The van der Waals surface area contributed by atoms with Gasteiger partial charge in [-0.15, -0.1) is 0 Å². The van der Waals surface area contributed by atoms with Gasteiger partial charge in [0.05, 0.1) is 6.54 Å². The standard InChI is InChI=1S/C16H22N4/c1-2-17-16(18-10-13-20-11-6-7-12-20)19-14-15-8-4-3-5-9-15/h3-9,11-12H,2,10,13-14H2,1H3,(H2,17,18,19). The average molecular weight is 270 g/mol. The summed E-state index contributed by atoms with van der Waals surface area (Å²) in [6.07, 6.45) is 4.13. The van der Waals surface area contributed by atoms with Crippen LogP contribution in [0.5, 0.6) is 0 Å². The second kappa shape index (κ2) is 8.04. The van der Waals surface area contributed by atoms with E-state index in [0.29, 0.717) is 6.54 Å². The van der Waals surface area contributed by atoms with E-state index in [1.54, 1.807) is 0 Å². The normalized spacial score (nSPS) is 11.3. The van der Waals surface area contributed by atoms with Crippen LogP contribution < -0.4 is 10.6 Å². The maximum absolute atomic E-state index is 4.59. The zero-order valence-electron chi connectivity index (χ0n) is 11.9. The summed E-state index contributed by atoms with van der Waals surface area (Å²) in [5, 5.41) is 6.61. The lowest BCUT2D eigenvalue weighted by molar-refractivity contribution is 0.666. The van der Waals surface area contributed by atoms with Crippen LogP contribution in [0.1, 0.15) is 12.5 Å². The molecule has 1 aromatic heterocycles. The zero-order chi connectivity index (χ0) is 14.0. The molecule has 4 heteroatoms. The van der Waals surface area contributed by atoms with Crippen molar-refractivity contribution in [3.63, 3.8) is 0 Å². The van der Waals surface area contributed by atoms with Gasteiger partial charge in [-0.3, -0.25) is 0 Å². The third-order valence-electron chi connectivity index (χ3n) is 2.94. The molecule has 0 fully saturated rings. The molecule has 0 radical (unpaired) electrons. The van der Waals surface area contributed by atoms with Crippen LogP contribution in [0.3, 0.4) is 0 Å². The smallest absolute Gasteiger partial charge is 0.191 e. The van der Waals surface area contributed by atoms with E-state index in [1.165, 1.54) is 5.56 Å². The second-order valence-corrected chi connectivity index (χ2v) is 4.53. The van der Waals surface area contributed by atoms with Crippen molar-refractivity contribution in [3.8, 4) is 0 Å². The predicted octanol–water partition coefficient (Wildman–Crippen LogP) is 2.24. The van der Waals surface area contributed by atoms with E-state index in [-0.39, 0.29) is 0 Å². The lowest BCUT2D eigenvalue weighted by Gasteiger charge is -2.11.